The van der Waals surface area contributed by atoms with Gasteiger partial charge in [0.2, 0.25) is 0 Å². The number of piperidine rings is 1. The molecule has 2 saturated heterocycles. The third-order valence-corrected chi connectivity index (χ3v) is 5.57. The zero-order valence-electron chi connectivity index (χ0n) is 10.6. The van der Waals surface area contributed by atoms with Crippen LogP contribution in [0.5, 0.6) is 0 Å². The van der Waals surface area contributed by atoms with Crippen LogP contribution in [0.2, 0.25) is 0 Å². The van der Waals surface area contributed by atoms with Gasteiger partial charge in [-0.1, -0.05) is 6.42 Å². The van der Waals surface area contributed by atoms with E-state index in [1.807, 2.05) is 0 Å². The Bertz CT molecular complexity index is 336. The van der Waals surface area contributed by atoms with Crippen molar-refractivity contribution in [2.45, 2.75) is 57.2 Å². The quantitative estimate of drug-likeness (QED) is 0.780. The first kappa shape index (κ1) is 13.3. The monoisotopic (exact) mass is 260 g/mol. The highest BCUT2D eigenvalue weighted by Gasteiger charge is 2.29. The number of sulfone groups is 1. The number of nitrogens with one attached hydrogen (secondary N) is 2. The first-order valence-electron chi connectivity index (χ1n) is 6.75. The van der Waals surface area contributed by atoms with Crippen LogP contribution in [0, 0.1) is 0 Å². The van der Waals surface area contributed by atoms with Gasteiger partial charge in [0.05, 0.1) is 11.5 Å². The van der Waals surface area contributed by atoms with Crippen molar-refractivity contribution < 1.29 is 8.42 Å². The lowest BCUT2D eigenvalue weighted by molar-refractivity contribution is 0.333. The van der Waals surface area contributed by atoms with E-state index >= 15 is 0 Å². The lowest BCUT2D eigenvalue weighted by Crippen LogP contribution is -2.43. The maximum atomic E-state index is 11.4. The molecular formula is C12H24N2O2S. The Hall–Kier alpha value is -0.130. The number of hydrogen-bond acceptors (Lipinski definition) is 4. The Morgan fingerprint density at radius 1 is 1.35 bits per heavy atom. The average Bonchev–Trinajstić information content (AvgIpc) is 2.59. The fourth-order valence-electron chi connectivity index (χ4n) is 2.95. The molecule has 0 aromatic heterocycles. The summed E-state index contributed by atoms with van der Waals surface area (Å²) in [6, 6.07) is 1.20. The molecule has 100 valence electrons. The fourth-order valence-corrected chi connectivity index (χ4v) is 4.64. The molecule has 2 N–H and O–H groups in total. The van der Waals surface area contributed by atoms with Gasteiger partial charge in [-0.25, -0.2) is 8.42 Å². The van der Waals surface area contributed by atoms with Crippen LogP contribution in [0.15, 0.2) is 0 Å². The average molecular weight is 260 g/mol. The molecule has 5 heteroatoms. The van der Waals surface area contributed by atoms with Gasteiger partial charge in [-0.05, 0) is 39.2 Å². The van der Waals surface area contributed by atoms with Crippen LogP contribution in [-0.4, -0.2) is 44.6 Å². The first-order valence-corrected chi connectivity index (χ1v) is 8.57. The van der Waals surface area contributed by atoms with Crippen molar-refractivity contribution in [2.24, 2.45) is 0 Å². The molecular weight excluding hydrogens is 236 g/mol. The fraction of sp³-hybridized carbons (Fsp3) is 1.00. The molecule has 2 aliphatic rings. The Morgan fingerprint density at radius 2 is 2.18 bits per heavy atom. The van der Waals surface area contributed by atoms with E-state index in [2.05, 4.69) is 17.6 Å². The SMILES string of the molecule is CC(CC1CCCCN1)NC1CCS(=O)(=O)C1. The summed E-state index contributed by atoms with van der Waals surface area (Å²) < 4.78 is 22.7. The van der Waals surface area contributed by atoms with Gasteiger partial charge in [0.15, 0.2) is 9.84 Å². The van der Waals surface area contributed by atoms with E-state index in [1.54, 1.807) is 0 Å². The van der Waals surface area contributed by atoms with Crippen LogP contribution in [0.25, 0.3) is 0 Å². The summed E-state index contributed by atoms with van der Waals surface area (Å²) in [5.74, 6) is 0.689. The zero-order valence-corrected chi connectivity index (χ0v) is 11.4. The van der Waals surface area contributed by atoms with E-state index in [1.165, 1.54) is 19.3 Å². The Labute approximate surface area is 104 Å². The van der Waals surface area contributed by atoms with Crippen molar-refractivity contribution in [3.8, 4) is 0 Å². The number of rotatable bonds is 4. The summed E-state index contributed by atoms with van der Waals surface area (Å²) in [4.78, 5) is 0. The van der Waals surface area contributed by atoms with Crippen LogP contribution >= 0.6 is 0 Å². The smallest absolute Gasteiger partial charge is 0.151 e. The summed E-state index contributed by atoms with van der Waals surface area (Å²) in [5.41, 5.74) is 0. The molecule has 0 radical (unpaired) electrons. The van der Waals surface area contributed by atoms with Crippen molar-refractivity contribution in [2.75, 3.05) is 18.1 Å². The molecule has 0 aliphatic carbocycles. The molecule has 4 nitrogen and oxygen atoms in total. The highest BCUT2D eigenvalue weighted by Crippen LogP contribution is 2.15. The Kier molecular flexibility index (Phi) is 4.44. The molecule has 17 heavy (non-hydrogen) atoms. The van der Waals surface area contributed by atoms with Crippen LogP contribution < -0.4 is 10.6 Å². The second-order valence-corrected chi connectivity index (χ2v) is 7.78. The van der Waals surface area contributed by atoms with E-state index in [4.69, 9.17) is 0 Å². The Balaban J connectivity index is 1.72. The minimum atomic E-state index is -2.75. The summed E-state index contributed by atoms with van der Waals surface area (Å²) >= 11 is 0. The van der Waals surface area contributed by atoms with Gasteiger partial charge >= 0.3 is 0 Å². The summed E-state index contributed by atoms with van der Waals surface area (Å²) in [6.45, 7) is 3.30. The van der Waals surface area contributed by atoms with Crippen LogP contribution in [0.1, 0.15) is 39.0 Å². The first-order chi connectivity index (χ1) is 8.05. The van der Waals surface area contributed by atoms with E-state index < -0.39 is 9.84 Å². The van der Waals surface area contributed by atoms with Gasteiger partial charge < -0.3 is 10.6 Å². The second-order valence-electron chi connectivity index (χ2n) is 5.55. The maximum absolute atomic E-state index is 11.4. The third kappa shape index (κ3) is 4.23. The highest BCUT2D eigenvalue weighted by molar-refractivity contribution is 7.91. The van der Waals surface area contributed by atoms with Gasteiger partial charge in [-0.2, -0.15) is 0 Å². The molecule has 2 aliphatic heterocycles. The summed E-state index contributed by atoms with van der Waals surface area (Å²) in [7, 11) is -2.75. The van der Waals surface area contributed by atoms with Gasteiger partial charge in [0.1, 0.15) is 0 Å². The lowest BCUT2D eigenvalue weighted by atomic mass is 9.98. The van der Waals surface area contributed by atoms with E-state index in [0.29, 0.717) is 23.6 Å². The van der Waals surface area contributed by atoms with E-state index in [9.17, 15) is 8.42 Å². The van der Waals surface area contributed by atoms with Gasteiger partial charge in [0, 0.05) is 18.1 Å². The van der Waals surface area contributed by atoms with Crippen molar-refractivity contribution in [3.63, 3.8) is 0 Å². The number of hydrogen-bond donors (Lipinski definition) is 2. The highest BCUT2D eigenvalue weighted by atomic mass is 32.2. The van der Waals surface area contributed by atoms with Crippen molar-refractivity contribution >= 4 is 9.84 Å². The largest absolute Gasteiger partial charge is 0.314 e. The molecule has 3 atom stereocenters. The molecule has 0 saturated carbocycles. The van der Waals surface area contributed by atoms with Crippen LogP contribution in [0.3, 0.4) is 0 Å². The van der Waals surface area contributed by atoms with Crippen LogP contribution in [0.4, 0.5) is 0 Å². The van der Waals surface area contributed by atoms with Crippen LogP contribution in [-0.2, 0) is 9.84 Å². The maximum Gasteiger partial charge on any atom is 0.151 e. The zero-order chi connectivity index (χ0) is 12.3. The van der Waals surface area contributed by atoms with Gasteiger partial charge in [0.25, 0.3) is 0 Å². The van der Waals surface area contributed by atoms with Crippen molar-refractivity contribution in [1.82, 2.24) is 10.6 Å². The minimum absolute atomic E-state index is 0.179. The summed E-state index contributed by atoms with van der Waals surface area (Å²) in [5, 5.41) is 7.00. The molecule has 2 rings (SSSR count). The van der Waals surface area contributed by atoms with E-state index in [0.717, 1.165) is 19.4 Å². The molecule has 3 unspecified atom stereocenters. The molecule has 0 aromatic rings. The molecule has 0 bridgehead atoms. The predicted molar refractivity (Wildman–Crippen MR) is 69.9 cm³/mol. The van der Waals surface area contributed by atoms with Gasteiger partial charge in [-0.3, -0.25) is 0 Å². The molecule has 2 heterocycles. The normalized spacial score (nSPS) is 34.6. The Morgan fingerprint density at radius 3 is 2.76 bits per heavy atom. The third-order valence-electron chi connectivity index (χ3n) is 3.80. The topological polar surface area (TPSA) is 58.2 Å². The molecule has 2 fully saturated rings. The molecule has 0 spiro atoms. The summed E-state index contributed by atoms with van der Waals surface area (Å²) in [6.07, 6.45) is 5.76. The van der Waals surface area contributed by atoms with Crippen molar-refractivity contribution in [3.05, 3.63) is 0 Å². The second kappa shape index (κ2) is 5.67. The standard InChI is InChI=1S/C12H24N2O2S/c1-10(8-11-4-2-3-6-13-11)14-12-5-7-17(15,16)9-12/h10-14H,2-9H2,1H3. The minimum Gasteiger partial charge on any atom is -0.314 e. The molecule has 0 amide bonds. The van der Waals surface area contributed by atoms with Gasteiger partial charge in [-0.15, -0.1) is 0 Å². The predicted octanol–water partition coefficient (Wildman–Crippen LogP) is 0.684. The van der Waals surface area contributed by atoms with E-state index in [-0.39, 0.29) is 6.04 Å². The van der Waals surface area contributed by atoms with Crippen molar-refractivity contribution in [1.29, 1.82) is 0 Å². The lowest BCUT2D eigenvalue weighted by Gasteiger charge is -2.27. The molecule has 0 aromatic carbocycles.